The highest BCUT2D eigenvalue weighted by molar-refractivity contribution is 5.90. The van der Waals surface area contributed by atoms with Crippen LogP contribution in [0.5, 0.6) is 0 Å². The second-order valence-electron chi connectivity index (χ2n) is 12.1. The molecule has 4 saturated heterocycles. The topological polar surface area (TPSA) is 159 Å². The Morgan fingerprint density at radius 1 is 1.05 bits per heavy atom. The summed E-state index contributed by atoms with van der Waals surface area (Å²) in [6, 6.07) is -0.904. The summed E-state index contributed by atoms with van der Waals surface area (Å²) in [7, 11) is 0. The Hall–Kier alpha value is -2.28. The number of carbonyl (C=O) groups is 4. The van der Waals surface area contributed by atoms with Gasteiger partial charge in [-0.3, -0.25) is 19.2 Å². The van der Waals surface area contributed by atoms with Crippen LogP contribution in [0.4, 0.5) is 0 Å². The second kappa shape index (κ2) is 11.7. The van der Waals surface area contributed by atoms with Gasteiger partial charge in [-0.05, 0) is 50.4 Å². The van der Waals surface area contributed by atoms with Crippen molar-refractivity contribution in [2.45, 2.75) is 110 Å². The number of carbonyl (C=O) groups excluding carboxylic acids is 3. The zero-order chi connectivity index (χ0) is 28.5. The molecule has 5 fully saturated rings. The number of fused-ring (bicyclic) bond motifs is 2. The van der Waals surface area contributed by atoms with Gasteiger partial charge in [0, 0.05) is 24.7 Å². The van der Waals surface area contributed by atoms with E-state index in [1.807, 2.05) is 27.7 Å². The van der Waals surface area contributed by atoms with Crippen LogP contribution in [0.15, 0.2) is 0 Å². The van der Waals surface area contributed by atoms with E-state index in [9.17, 15) is 19.2 Å². The first-order valence-electron chi connectivity index (χ1n) is 14.0. The fourth-order valence-corrected chi connectivity index (χ4v) is 6.67. The maximum Gasteiger partial charge on any atom is 0.322 e. The Morgan fingerprint density at radius 3 is 2.49 bits per heavy atom. The average Bonchev–Trinajstić information content (AvgIpc) is 3.09. The SMILES string of the molecule is CC(C)C[C@H](NC(=O)CCC(=O)O[C@@H]1O[C@H]2O[C@@]3(C)CC[C@H]4[C@H](C)CC[C@H]([C@@H]1C)[C@@]24OO3)C(=O)NCC(=O)O. The van der Waals surface area contributed by atoms with Crippen LogP contribution in [0.2, 0.25) is 0 Å². The molecule has 12 nitrogen and oxygen atoms in total. The number of esters is 1. The van der Waals surface area contributed by atoms with E-state index in [1.165, 1.54) is 0 Å². The van der Waals surface area contributed by atoms with Crippen LogP contribution in [0.1, 0.15) is 79.6 Å². The Balaban J connectivity index is 1.35. The third kappa shape index (κ3) is 6.23. The number of carboxylic acids is 1. The van der Waals surface area contributed by atoms with Gasteiger partial charge >= 0.3 is 11.9 Å². The predicted octanol–water partition coefficient (Wildman–Crippen LogP) is 2.25. The Morgan fingerprint density at radius 2 is 1.79 bits per heavy atom. The first kappa shape index (κ1) is 29.7. The first-order valence-corrected chi connectivity index (χ1v) is 14.0. The van der Waals surface area contributed by atoms with Gasteiger partial charge in [-0.2, -0.15) is 0 Å². The van der Waals surface area contributed by atoms with E-state index >= 15 is 0 Å². The van der Waals surface area contributed by atoms with Crippen molar-refractivity contribution < 1.29 is 48.3 Å². The summed E-state index contributed by atoms with van der Waals surface area (Å²) in [5, 5.41) is 13.7. The maximum atomic E-state index is 12.8. The monoisotopic (exact) mass is 554 g/mol. The van der Waals surface area contributed by atoms with E-state index in [-0.39, 0.29) is 36.5 Å². The fourth-order valence-electron chi connectivity index (χ4n) is 6.67. The highest BCUT2D eigenvalue weighted by Gasteiger charge is 2.69. The molecule has 5 aliphatic rings. The third-order valence-corrected chi connectivity index (χ3v) is 8.67. The molecule has 220 valence electrons. The lowest BCUT2D eigenvalue weighted by Crippen LogP contribution is -2.70. The first-order chi connectivity index (χ1) is 18.3. The van der Waals surface area contributed by atoms with Gasteiger partial charge in [0.15, 0.2) is 11.9 Å². The molecule has 1 aliphatic carbocycles. The van der Waals surface area contributed by atoms with Crippen molar-refractivity contribution in [2.75, 3.05) is 6.54 Å². The summed E-state index contributed by atoms with van der Waals surface area (Å²) in [5.41, 5.74) is -0.761. The lowest BCUT2D eigenvalue weighted by atomic mass is 9.58. The van der Waals surface area contributed by atoms with Crippen LogP contribution in [-0.2, 0) is 43.2 Å². The maximum absolute atomic E-state index is 12.8. The van der Waals surface area contributed by atoms with Crippen molar-refractivity contribution in [3.05, 3.63) is 0 Å². The van der Waals surface area contributed by atoms with Crippen LogP contribution in [0.25, 0.3) is 0 Å². The molecule has 39 heavy (non-hydrogen) atoms. The number of carboxylic acid groups (broad SMARTS) is 1. The number of amides is 2. The Bertz CT molecular complexity index is 959. The molecule has 2 amide bonds. The summed E-state index contributed by atoms with van der Waals surface area (Å²) in [4.78, 5) is 60.4. The number of rotatable bonds is 10. The number of hydrogen-bond acceptors (Lipinski definition) is 9. The molecule has 0 unspecified atom stereocenters. The quantitative estimate of drug-likeness (QED) is 0.270. The minimum Gasteiger partial charge on any atom is -0.480 e. The summed E-state index contributed by atoms with van der Waals surface area (Å²) in [6.07, 6.45) is 1.77. The minimum absolute atomic E-state index is 0.00213. The number of nitrogens with one attached hydrogen (secondary N) is 2. The van der Waals surface area contributed by atoms with Crippen molar-refractivity contribution in [3.8, 4) is 0 Å². The molecule has 4 aliphatic heterocycles. The second-order valence-corrected chi connectivity index (χ2v) is 12.1. The average molecular weight is 555 g/mol. The Kier molecular flexibility index (Phi) is 8.89. The molecule has 4 heterocycles. The van der Waals surface area contributed by atoms with Gasteiger partial charge in [-0.15, -0.1) is 0 Å². The fraction of sp³-hybridized carbons (Fsp3) is 0.852. The molecule has 12 heteroatoms. The van der Waals surface area contributed by atoms with E-state index in [2.05, 4.69) is 17.6 Å². The van der Waals surface area contributed by atoms with Gasteiger partial charge in [0.2, 0.25) is 23.9 Å². The molecule has 1 spiro atoms. The van der Waals surface area contributed by atoms with E-state index < -0.39 is 60.3 Å². The van der Waals surface area contributed by atoms with Gasteiger partial charge in [0.25, 0.3) is 0 Å². The molecule has 2 bridgehead atoms. The lowest BCUT2D eigenvalue weighted by molar-refractivity contribution is -0.576. The van der Waals surface area contributed by atoms with E-state index in [4.69, 9.17) is 29.1 Å². The molecule has 5 rings (SSSR count). The zero-order valence-corrected chi connectivity index (χ0v) is 23.4. The molecular weight excluding hydrogens is 512 g/mol. The van der Waals surface area contributed by atoms with E-state index in [1.54, 1.807) is 0 Å². The number of ether oxygens (including phenoxy) is 3. The van der Waals surface area contributed by atoms with Crippen LogP contribution in [-0.4, -0.2) is 65.4 Å². The summed E-state index contributed by atoms with van der Waals surface area (Å²) < 4.78 is 18.2. The largest absolute Gasteiger partial charge is 0.480 e. The van der Waals surface area contributed by atoms with E-state index in [0.717, 1.165) is 19.3 Å². The zero-order valence-electron chi connectivity index (χ0n) is 23.4. The lowest BCUT2D eigenvalue weighted by Gasteiger charge is -2.59. The van der Waals surface area contributed by atoms with Crippen molar-refractivity contribution in [2.24, 2.45) is 29.6 Å². The van der Waals surface area contributed by atoms with Crippen molar-refractivity contribution in [1.29, 1.82) is 0 Å². The van der Waals surface area contributed by atoms with Crippen LogP contribution in [0.3, 0.4) is 0 Å². The molecule has 1 saturated carbocycles. The van der Waals surface area contributed by atoms with Gasteiger partial charge in [-0.1, -0.05) is 27.7 Å². The van der Waals surface area contributed by atoms with Gasteiger partial charge in [0.1, 0.15) is 12.6 Å². The molecule has 0 aromatic heterocycles. The van der Waals surface area contributed by atoms with Crippen molar-refractivity contribution >= 4 is 23.8 Å². The standard InChI is InChI=1S/C27H42N2O10/c1-14(2)12-19(23(34)28-13-21(31)32)29-20(30)8-9-22(33)35-24-16(4)18-7-6-15(3)17-10-11-26(5)37-25(36-24)27(17,18)39-38-26/h14-19,24-25H,6-13H2,1-5H3,(H,28,34)(H,29,30)(H,31,32)/t15-,16+,17+,18-,19+,24-,25+,26-,27-/m1/s1. The molecule has 0 radical (unpaired) electrons. The number of aliphatic carboxylic acids is 1. The van der Waals surface area contributed by atoms with Crippen molar-refractivity contribution in [3.63, 3.8) is 0 Å². The molecule has 3 N–H and O–H groups in total. The summed E-state index contributed by atoms with van der Waals surface area (Å²) in [6.45, 7) is 9.24. The smallest absolute Gasteiger partial charge is 0.322 e. The van der Waals surface area contributed by atoms with E-state index in [0.29, 0.717) is 18.8 Å². The summed E-state index contributed by atoms with van der Waals surface area (Å²) in [5.74, 6) is -3.31. The predicted molar refractivity (Wildman–Crippen MR) is 134 cm³/mol. The van der Waals surface area contributed by atoms with Gasteiger partial charge in [0.05, 0.1) is 6.42 Å². The summed E-state index contributed by atoms with van der Waals surface area (Å²) >= 11 is 0. The van der Waals surface area contributed by atoms with Crippen molar-refractivity contribution in [1.82, 2.24) is 10.6 Å². The van der Waals surface area contributed by atoms with Crippen LogP contribution >= 0.6 is 0 Å². The molecular formula is C27H42N2O10. The highest BCUT2D eigenvalue weighted by atomic mass is 17.3. The third-order valence-electron chi connectivity index (χ3n) is 8.67. The highest BCUT2D eigenvalue weighted by Crippen LogP contribution is 2.60. The molecule has 0 aromatic rings. The number of hydrogen-bond donors (Lipinski definition) is 3. The van der Waals surface area contributed by atoms with Crippen LogP contribution < -0.4 is 10.6 Å². The van der Waals surface area contributed by atoms with Crippen LogP contribution in [0, 0.1) is 29.6 Å². The van der Waals surface area contributed by atoms with Gasteiger partial charge < -0.3 is 30.0 Å². The normalized spacial score (nSPS) is 37.8. The Labute approximate surface area is 228 Å². The molecule has 0 aromatic carbocycles. The minimum atomic E-state index is -1.18. The van der Waals surface area contributed by atoms with Gasteiger partial charge in [-0.25, -0.2) is 9.78 Å². The molecule has 9 atom stereocenters.